The number of amides is 1. The number of ether oxygens (including phenoxy) is 2. The number of rotatable bonds is 12. The highest BCUT2D eigenvalue weighted by Crippen LogP contribution is 2.36. The van der Waals surface area contributed by atoms with Gasteiger partial charge in [-0.15, -0.1) is 0 Å². The van der Waals surface area contributed by atoms with E-state index in [4.69, 9.17) is 21.1 Å². The molecular weight excluding hydrogens is 436 g/mol. The SMILES string of the molecule is CCCCCCCCOc1c(Cl)cc(/C=N/NC(=O)c2cccc3ccccc23)cc1OC. The average molecular weight is 467 g/mol. The fraction of sp³-hybridized carbons (Fsp3) is 0.333. The van der Waals surface area contributed by atoms with Crippen LogP contribution in [0.5, 0.6) is 11.5 Å². The van der Waals surface area contributed by atoms with Crippen molar-refractivity contribution in [1.29, 1.82) is 0 Å². The summed E-state index contributed by atoms with van der Waals surface area (Å²) in [7, 11) is 1.58. The zero-order valence-electron chi connectivity index (χ0n) is 19.3. The van der Waals surface area contributed by atoms with Crippen molar-refractivity contribution in [2.24, 2.45) is 5.10 Å². The molecule has 0 unspecified atom stereocenters. The third-order valence-corrected chi connectivity index (χ3v) is 5.69. The van der Waals surface area contributed by atoms with E-state index in [1.165, 1.54) is 31.9 Å². The molecule has 0 bridgehead atoms. The van der Waals surface area contributed by atoms with Crippen LogP contribution in [0.15, 0.2) is 59.7 Å². The molecule has 0 aliphatic heterocycles. The molecule has 0 atom stereocenters. The van der Waals surface area contributed by atoms with Crippen LogP contribution in [-0.2, 0) is 0 Å². The first-order valence-electron chi connectivity index (χ1n) is 11.5. The highest BCUT2D eigenvalue weighted by molar-refractivity contribution is 6.32. The van der Waals surface area contributed by atoms with Crippen molar-refractivity contribution in [3.8, 4) is 11.5 Å². The van der Waals surface area contributed by atoms with Crippen molar-refractivity contribution < 1.29 is 14.3 Å². The second kappa shape index (κ2) is 12.9. The monoisotopic (exact) mass is 466 g/mol. The van der Waals surface area contributed by atoms with E-state index in [1.807, 2.05) is 36.4 Å². The Kier molecular flexibility index (Phi) is 9.58. The molecule has 0 aliphatic rings. The van der Waals surface area contributed by atoms with E-state index < -0.39 is 0 Å². The van der Waals surface area contributed by atoms with E-state index in [9.17, 15) is 4.79 Å². The first-order valence-corrected chi connectivity index (χ1v) is 11.8. The molecule has 1 amide bonds. The van der Waals surface area contributed by atoms with E-state index in [2.05, 4.69) is 17.5 Å². The molecular formula is C27H31ClN2O3. The van der Waals surface area contributed by atoms with Gasteiger partial charge in [0.05, 0.1) is 25.0 Å². The van der Waals surface area contributed by atoms with Crippen molar-refractivity contribution in [2.75, 3.05) is 13.7 Å². The third-order valence-electron chi connectivity index (χ3n) is 5.41. The predicted molar refractivity (Wildman–Crippen MR) is 136 cm³/mol. The summed E-state index contributed by atoms with van der Waals surface area (Å²) in [4.78, 5) is 12.6. The first kappa shape index (κ1) is 24.6. The standard InChI is InChI=1S/C27H31ClN2O3/c1-3-4-5-6-7-10-16-33-26-24(28)17-20(18-25(26)32-2)19-29-30-27(31)23-15-11-13-21-12-8-9-14-22(21)23/h8-9,11-15,17-19H,3-7,10,16H2,1-2H3,(H,30,31)/b29-19+. The minimum atomic E-state index is -0.278. The van der Waals surface area contributed by atoms with Crippen LogP contribution in [0.1, 0.15) is 61.4 Å². The lowest BCUT2D eigenvalue weighted by molar-refractivity contribution is 0.0957. The predicted octanol–water partition coefficient (Wildman–Crippen LogP) is 7.01. The highest BCUT2D eigenvalue weighted by atomic mass is 35.5. The van der Waals surface area contributed by atoms with Gasteiger partial charge in [0.2, 0.25) is 0 Å². The summed E-state index contributed by atoms with van der Waals surface area (Å²) < 4.78 is 11.4. The molecule has 1 N–H and O–H groups in total. The maximum absolute atomic E-state index is 12.6. The van der Waals surface area contributed by atoms with Crippen LogP contribution in [0.2, 0.25) is 5.02 Å². The number of methoxy groups -OCH3 is 1. The molecule has 0 spiro atoms. The Labute approximate surface area is 200 Å². The van der Waals surface area contributed by atoms with Gasteiger partial charge < -0.3 is 9.47 Å². The third kappa shape index (κ3) is 6.96. The topological polar surface area (TPSA) is 59.9 Å². The smallest absolute Gasteiger partial charge is 0.271 e. The van der Waals surface area contributed by atoms with Crippen molar-refractivity contribution in [2.45, 2.75) is 45.4 Å². The number of fused-ring (bicyclic) bond motifs is 1. The molecule has 33 heavy (non-hydrogen) atoms. The zero-order chi connectivity index (χ0) is 23.5. The highest BCUT2D eigenvalue weighted by Gasteiger charge is 2.12. The Hall–Kier alpha value is -3.05. The van der Waals surface area contributed by atoms with Gasteiger partial charge in [-0.3, -0.25) is 4.79 Å². The Morgan fingerprint density at radius 2 is 1.79 bits per heavy atom. The lowest BCUT2D eigenvalue weighted by Crippen LogP contribution is -2.17. The Morgan fingerprint density at radius 1 is 1.03 bits per heavy atom. The number of nitrogens with one attached hydrogen (secondary N) is 1. The Morgan fingerprint density at radius 3 is 2.61 bits per heavy atom. The number of benzene rings is 3. The molecule has 174 valence electrons. The van der Waals surface area contributed by atoms with E-state index in [1.54, 1.807) is 25.3 Å². The van der Waals surface area contributed by atoms with Crippen LogP contribution in [0.25, 0.3) is 10.8 Å². The fourth-order valence-electron chi connectivity index (χ4n) is 3.66. The minimum absolute atomic E-state index is 0.278. The maximum Gasteiger partial charge on any atom is 0.271 e. The van der Waals surface area contributed by atoms with Crippen LogP contribution in [-0.4, -0.2) is 25.8 Å². The second-order valence-corrected chi connectivity index (χ2v) is 8.28. The molecule has 0 aliphatic carbocycles. The normalized spacial score (nSPS) is 11.1. The molecule has 0 aromatic heterocycles. The van der Waals surface area contributed by atoms with Crippen LogP contribution in [0, 0.1) is 0 Å². The fourth-order valence-corrected chi connectivity index (χ4v) is 3.93. The first-order chi connectivity index (χ1) is 16.1. The summed E-state index contributed by atoms with van der Waals surface area (Å²) in [5.41, 5.74) is 3.85. The van der Waals surface area contributed by atoms with E-state index in [0.29, 0.717) is 34.3 Å². The lowest BCUT2D eigenvalue weighted by atomic mass is 10.0. The van der Waals surface area contributed by atoms with Gasteiger partial charge in [0.15, 0.2) is 11.5 Å². The summed E-state index contributed by atoms with van der Waals surface area (Å²) in [5.74, 6) is 0.792. The second-order valence-electron chi connectivity index (χ2n) is 7.88. The molecule has 0 heterocycles. The number of unbranched alkanes of at least 4 members (excludes halogenated alkanes) is 5. The molecule has 0 saturated carbocycles. The summed E-state index contributed by atoms with van der Waals surface area (Å²) >= 11 is 6.44. The maximum atomic E-state index is 12.6. The van der Waals surface area contributed by atoms with E-state index in [0.717, 1.165) is 23.6 Å². The zero-order valence-corrected chi connectivity index (χ0v) is 20.0. The van der Waals surface area contributed by atoms with Crippen molar-refractivity contribution in [1.82, 2.24) is 5.43 Å². The van der Waals surface area contributed by atoms with Crippen molar-refractivity contribution in [3.63, 3.8) is 0 Å². The number of hydrazone groups is 1. The van der Waals surface area contributed by atoms with E-state index in [-0.39, 0.29) is 5.91 Å². The summed E-state index contributed by atoms with van der Waals surface area (Å²) in [6, 6.07) is 16.9. The molecule has 0 radical (unpaired) electrons. The van der Waals surface area contributed by atoms with Crippen LogP contribution in [0.4, 0.5) is 0 Å². The van der Waals surface area contributed by atoms with Gasteiger partial charge in [0.1, 0.15) is 0 Å². The molecule has 5 nitrogen and oxygen atoms in total. The number of hydrogen-bond acceptors (Lipinski definition) is 4. The van der Waals surface area contributed by atoms with Gasteiger partial charge in [0, 0.05) is 5.56 Å². The molecule has 3 aromatic rings. The van der Waals surface area contributed by atoms with Crippen LogP contribution < -0.4 is 14.9 Å². The number of halogens is 1. The summed E-state index contributed by atoms with van der Waals surface area (Å²) in [6.07, 6.45) is 8.67. The molecule has 6 heteroatoms. The van der Waals surface area contributed by atoms with Crippen molar-refractivity contribution in [3.05, 3.63) is 70.7 Å². The van der Waals surface area contributed by atoms with Gasteiger partial charge in [-0.1, -0.05) is 87.0 Å². The minimum Gasteiger partial charge on any atom is -0.493 e. The lowest BCUT2D eigenvalue weighted by Gasteiger charge is -2.13. The number of hydrogen-bond donors (Lipinski definition) is 1. The van der Waals surface area contributed by atoms with Gasteiger partial charge >= 0.3 is 0 Å². The van der Waals surface area contributed by atoms with E-state index >= 15 is 0 Å². The Balaban J connectivity index is 1.60. The Bertz CT molecular complexity index is 1090. The largest absolute Gasteiger partial charge is 0.493 e. The number of carbonyl (C=O) groups excluding carboxylic acids is 1. The van der Waals surface area contributed by atoms with Gasteiger partial charge in [-0.05, 0) is 41.0 Å². The average Bonchev–Trinajstić information content (AvgIpc) is 2.83. The number of carbonyl (C=O) groups is 1. The van der Waals surface area contributed by atoms with Crippen molar-refractivity contribution >= 4 is 34.5 Å². The quantitative estimate of drug-likeness (QED) is 0.177. The van der Waals surface area contributed by atoms with Gasteiger partial charge in [0.25, 0.3) is 5.91 Å². The summed E-state index contributed by atoms with van der Waals surface area (Å²) in [5, 5.41) is 6.43. The molecule has 3 rings (SSSR count). The van der Waals surface area contributed by atoms with Crippen LogP contribution >= 0.6 is 11.6 Å². The van der Waals surface area contributed by atoms with Gasteiger partial charge in [-0.2, -0.15) is 5.10 Å². The molecule has 0 saturated heterocycles. The summed E-state index contributed by atoms with van der Waals surface area (Å²) in [6.45, 7) is 2.81. The molecule has 3 aromatic carbocycles. The van der Waals surface area contributed by atoms with Gasteiger partial charge in [-0.25, -0.2) is 5.43 Å². The number of nitrogens with zero attached hydrogens (tertiary/aromatic N) is 1. The molecule has 0 fully saturated rings. The van der Waals surface area contributed by atoms with Crippen LogP contribution in [0.3, 0.4) is 0 Å².